The van der Waals surface area contributed by atoms with Crippen LogP contribution in [-0.4, -0.2) is 39.2 Å². The summed E-state index contributed by atoms with van der Waals surface area (Å²) >= 11 is 0. The first-order valence-electron chi connectivity index (χ1n) is 8.89. The highest BCUT2D eigenvalue weighted by atomic mass is 16.5. The highest BCUT2D eigenvalue weighted by molar-refractivity contribution is 6.01. The lowest BCUT2D eigenvalue weighted by molar-refractivity contribution is -0.148. The van der Waals surface area contributed by atoms with E-state index in [1.165, 1.54) is 13.0 Å². The Bertz CT molecular complexity index is 926. The minimum Gasteiger partial charge on any atom is -0.497 e. The Balaban J connectivity index is 2.01. The van der Waals surface area contributed by atoms with E-state index in [2.05, 4.69) is 5.32 Å². The van der Waals surface area contributed by atoms with Crippen molar-refractivity contribution >= 4 is 29.3 Å². The van der Waals surface area contributed by atoms with Crippen molar-refractivity contribution in [3.63, 3.8) is 0 Å². The topological polar surface area (TPSA) is 91.7 Å². The van der Waals surface area contributed by atoms with E-state index in [1.807, 2.05) is 37.2 Å². The lowest BCUT2D eigenvalue weighted by Gasteiger charge is -2.14. The molecule has 0 aromatic heterocycles. The standard InChI is InChI=1S/C22H23N3O4/c1-15(21(26)24-18-7-11-20(28-4)12-8-18)29-22(27)17(14-23)13-16-5-9-19(10-6-16)25(2)3/h5-13,15H,1-4H3,(H,24,26)/b17-13+/t15-/m1/s1. The second-order valence-electron chi connectivity index (χ2n) is 6.42. The monoisotopic (exact) mass is 393 g/mol. The van der Waals surface area contributed by atoms with Gasteiger partial charge >= 0.3 is 5.97 Å². The fourth-order valence-corrected chi connectivity index (χ4v) is 2.37. The number of carbonyl (C=O) groups is 2. The SMILES string of the molecule is COc1ccc(NC(=O)[C@@H](C)OC(=O)/C(C#N)=C/c2ccc(N(C)C)cc2)cc1. The summed E-state index contributed by atoms with van der Waals surface area (Å²) in [6.45, 7) is 1.44. The second kappa shape index (κ2) is 9.95. The number of anilines is 2. The Morgan fingerprint density at radius 1 is 1.10 bits per heavy atom. The van der Waals surface area contributed by atoms with Gasteiger partial charge in [0.25, 0.3) is 5.91 Å². The zero-order valence-electron chi connectivity index (χ0n) is 16.8. The van der Waals surface area contributed by atoms with E-state index in [9.17, 15) is 14.9 Å². The Hall–Kier alpha value is -3.79. The number of carbonyl (C=O) groups excluding carboxylic acids is 2. The van der Waals surface area contributed by atoms with Crippen molar-refractivity contribution in [3.8, 4) is 11.8 Å². The third-order valence-electron chi connectivity index (χ3n) is 4.07. The number of ether oxygens (including phenoxy) is 2. The lowest BCUT2D eigenvalue weighted by atomic mass is 10.1. The summed E-state index contributed by atoms with van der Waals surface area (Å²) in [4.78, 5) is 26.5. The average molecular weight is 393 g/mol. The van der Waals surface area contributed by atoms with Gasteiger partial charge in [-0.15, -0.1) is 0 Å². The first kappa shape index (κ1) is 21.5. The van der Waals surface area contributed by atoms with Crippen molar-refractivity contribution in [2.24, 2.45) is 0 Å². The van der Waals surface area contributed by atoms with E-state index < -0.39 is 18.0 Å². The van der Waals surface area contributed by atoms with Gasteiger partial charge in [0.05, 0.1) is 7.11 Å². The van der Waals surface area contributed by atoms with E-state index in [1.54, 1.807) is 43.5 Å². The minimum absolute atomic E-state index is 0.188. The molecule has 1 amide bonds. The molecule has 7 nitrogen and oxygen atoms in total. The Labute approximate surface area is 170 Å². The van der Waals surface area contributed by atoms with Gasteiger partial charge in [-0.05, 0) is 55.0 Å². The Morgan fingerprint density at radius 3 is 2.24 bits per heavy atom. The van der Waals surface area contributed by atoms with Crippen LogP contribution in [0.2, 0.25) is 0 Å². The van der Waals surface area contributed by atoms with Gasteiger partial charge in [0, 0.05) is 25.5 Å². The summed E-state index contributed by atoms with van der Waals surface area (Å²) in [5, 5.41) is 11.9. The predicted molar refractivity (Wildman–Crippen MR) is 112 cm³/mol. The third-order valence-corrected chi connectivity index (χ3v) is 4.07. The lowest BCUT2D eigenvalue weighted by Crippen LogP contribution is -2.30. The molecule has 1 N–H and O–H groups in total. The summed E-state index contributed by atoms with van der Waals surface area (Å²) in [5.41, 5.74) is 2.02. The highest BCUT2D eigenvalue weighted by Gasteiger charge is 2.20. The van der Waals surface area contributed by atoms with Crippen LogP contribution in [0.15, 0.2) is 54.1 Å². The van der Waals surface area contributed by atoms with Crippen LogP contribution in [0.5, 0.6) is 5.75 Å². The van der Waals surface area contributed by atoms with Crippen molar-refractivity contribution in [3.05, 3.63) is 59.7 Å². The van der Waals surface area contributed by atoms with Gasteiger partial charge in [-0.3, -0.25) is 4.79 Å². The van der Waals surface area contributed by atoms with Crippen LogP contribution >= 0.6 is 0 Å². The van der Waals surface area contributed by atoms with Gasteiger partial charge in [-0.25, -0.2) is 4.79 Å². The fraction of sp³-hybridized carbons (Fsp3) is 0.227. The summed E-state index contributed by atoms with van der Waals surface area (Å²) in [7, 11) is 5.38. The van der Waals surface area contributed by atoms with E-state index >= 15 is 0 Å². The number of hydrogen-bond donors (Lipinski definition) is 1. The van der Waals surface area contributed by atoms with Crippen LogP contribution < -0.4 is 15.0 Å². The molecule has 0 radical (unpaired) electrons. The maximum Gasteiger partial charge on any atom is 0.349 e. The molecule has 0 saturated heterocycles. The third kappa shape index (κ3) is 6.11. The molecule has 0 saturated carbocycles. The van der Waals surface area contributed by atoms with Gasteiger partial charge in [-0.2, -0.15) is 5.26 Å². The van der Waals surface area contributed by atoms with Crippen LogP contribution in [0, 0.1) is 11.3 Å². The maximum atomic E-state index is 12.3. The smallest absolute Gasteiger partial charge is 0.349 e. The van der Waals surface area contributed by atoms with Gasteiger partial charge in [-0.1, -0.05) is 12.1 Å². The molecular weight excluding hydrogens is 370 g/mol. The molecule has 1 atom stereocenters. The molecule has 0 aliphatic heterocycles. The molecule has 0 spiro atoms. The van der Waals surface area contributed by atoms with E-state index in [4.69, 9.17) is 9.47 Å². The van der Waals surface area contributed by atoms with Crippen molar-refractivity contribution in [2.45, 2.75) is 13.0 Å². The van der Waals surface area contributed by atoms with Gasteiger partial charge in [0.2, 0.25) is 0 Å². The Morgan fingerprint density at radius 2 is 1.72 bits per heavy atom. The molecular formula is C22H23N3O4. The molecule has 2 aromatic carbocycles. The van der Waals surface area contributed by atoms with Gasteiger partial charge in [0.15, 0.2) is 6.10 Å². The normalized spacial score (nSPS) is 11.8. The minimum atomic E-state index is -1.07. The molecule has 150 valence electrons. The second-order valence-corrected chi connectivity index (χ2v) is 6.42. The van der Waals surface area contributed by atoms with Gasteiger partial charge < -0.3 is 19.7 Å². The number of hydrogen-bond acceptors (Lipinski definition) is 6. The number of esters is 1. The van der Waals surface area contributed by atoms with E-state index in [0.717, 1.165) is 5.69 Å². The number of nitrogens with one attached hydrogen (secondary N) is 1. The summed E-state index contributed by atoms with van der Waals surface area (Å²) < 4.78 is 10.2. The molecule has 0 bridgehead atoms. The molecule has 2 aromatic rings. The van der Waals surface area contributed by atoms with Crippen LogP contribution in [0.3, 0.4) is 0 Å². The number of nitriles is 1. The van der Waals surface area contributed by atoms with Crippen molar-refractivity contribution in [1.29, 1.82) is 5.26 Å². The number of methoxy groups -OCH3 is 1. The fourth-order valence-electron chi connectivity index (χ4n) is 2.37. The summed E-state index contributed by atoms with van der Waals surface area (Å²) in [6.07, 6.45) is 0.355. The molecule has 0 aliphatic rings. The molecule has 2 rings (SSSR count). The highest BCUT2D eigenvalue weighted by Crippen LogP contribution is 2.17. The van der Waals surface area contributed by atoms with Crippen molar-refractivity contribution in [1.82, 2.24) is 0 Å². The number of nitrogens with zero attached hydrogens (tertiary/aromatic N) is 2. The van der Waals surface area contributed by atoms with Crippen LogP contribution in [-0.2, 0) is 14.3 Å². The number of amides is 1. The van der Waals surface area contributed by atoms with Crippen molar-refractivity contribution < 1.29 is 19.1 Å². The predicted octanol–water partition coefficient (Wildman–Crippen LogP) is 3.24. The van der Waals surface area contributed by atoms with Crippen molar-refractivity contribution in [2.75, 3.05) is 31.4 Å². The first-order chi connectivity index (χ1) is 13.8. The molecule has 0 unspecified atom stereocenters. The Kier molecular flexibility index (Phi) is 7.38. The maximum absolute atomic E-state index is 12.3. The molecule has 0 aliphatic carbocycles. The summed E-state index contributed by atoms with van der Waals surface area (Å²) in [5.74, 6) is -0.706. The van der Waals surface area contributed by atoms with E-state index in [-0.39, 0.29) is 5.57 Å². The van der Waals surface area contributed by atoms with Crippen LogP contribution in [0.1, 0.15) is 12.5 Å². The van der Waals surface area contributed by atoms with Gasteiger partial charge in [0.1, 0.15) is 17.4 Å². The number of benzene rings is 2. The first-order valence-corrected chi connectivity index (χ1v) is 8.89. The summed E-state index contributed by atoms with van der Waals surface area (Å²) in [6, 6.07) is 15.9. The van der Waals surface area contributed by atoms with Crippen LogP contribution in [0.25, 0.3) is 6.08 Å². The molecule has 29 heavy (non-hydrogen) atoms. The quantitative estimate of drug-likeness (QED) is 0.441. The van der Waals surface area contributed by atoms with E-state index in [0.29, 0.717) is 17.0 Å². The zero-order chi connectivity index (χ0) is 21.4. The largest absolute Gasteiger partial charge is 0.497 e. The average Bonchev–Trinajstić information content (AvgIpc) is 2.72. The molecule has 0 heterocycles. The van der Waals surface area contributed by atoms with Crippen LogP contribution in [0.4, 0.5) is 11.4 Å². The molecule has 0 fully saturated rings. The zero-order valence-corrected chi connectivity index (χ0v) is 16.8. The number of rotatable bonds is 7. The molecule has 7 heteroatoms.